The third kappa shape index (κ3) is 4.98. The molecule has 1 aromatic heterocycles. The number of hydrogen-bond acceptors (Lipinski definition) is 4. The topological polar surface area (TPSA) is 114 Å². The van der Waals surface area contributed by atoms with E-state index in [1.54, 1.807) is 31.2 Å². The molecule has 1 aliphatic carbocycles. The number of hydrogen-bond donors (Lipinski definition) is 3. The summed E-state index contributed by atoms with van der Waals surface area (Å²) in [4.78, 5) is 37.2. The van der Waals surface area contributed by atoms with E-state index in [0.29, 0.717) is 29.3 Å². The number of carbonyl (C=O) groups is 2. The number of aliphatic hydroxyl groups is 1. The quantitative estimate of drug-likeness (QED) is 0.679. The molecule has 2 amide bonds. The van der Waals surface area contributed by atoms with Crippen molar-refractivity contribution in [2.75, 3.05) is 5.32 Å². The van der Waals surface area contributed by atoms with E-state index >= 15 is 0 Å². The van der Waals surface area contributed by atoms with Gasteiger partial charge in [0.2, 0.25) is 11.8 Å². The fraction of sp³-hybridized carbons (Fsp3) is 0.542. The van der Waals surface area contributed by atoms with E-state index in [1.165, 1.54) is 10.8 Å². The fourth-order valence-corrected chi connectivity index (χ4v) is 5.73. The minimum Gasteiger partial charge on any atom is -0.389 e. The number of benzene rings is 1. The van der Waals surface area contributed by atoms with Crippen molar-refractivity contribution in [2.45, 2.75) is 71.9 Å². The van der Waals surface area contributed by atoms with Gasteiger partial charge in [0.25, 0.3) is 5.56 Å². The van der Waals surface area contributed by atoms with Gasteiger partial charge in [-0.1, -0.05) is 33.8 Å². The van der Waals surface area contributed by atoms with Crippen molar-refractivity contribution in [3.63, 3.8) is 0 Å². The molecule has 1 aromatic carbocycles. The molecule has 1 aliphatic rings. The van der Waals surface area contributed by atoms with Gasteiger partial charge in [-0.05, 0) is 55.2 Å². The van der Waals surface area contributed by atoms with Gasteiger partial charge < -0.3 is 20.7 Å². The molecule has 4 N–H and O–H groups in total. The number of carbonyl (C=O) groups excluding carboxylic acids is 2. The number of nitrogens with two attached hydrogens (primary N) is 1. The second kappa shape index (κ2) is 7.79. The van der Waals surface area contributed by atoms with Crippen LogP contribution in [0.15, 0.2) is 35.3 Å². The number of anilines is 1. The van der Waals surface area contributed by atoms with Crippen molar-refractivity contribution in [3.8, 4) is 0 Å². The first-order valence-corrected chi connectivity index (χ1v) is 10.7. The molecule has 0 aliphatic heterocycles. The number of amides is 2. The Kier molecular flexibility index (Phi) is 5.78. The summed E-state index contributed by atoms with van der Waals surface area (Å²) in [5.74, 6) is -0.893. The van der Waals surface area contributed by atoms with Gasteiger partial charge in [0.1, 0.15) is 6.04 Å². The summed E-state index contributed by atoms with van der Waals surface area (Å²) in [7, 11) is 0. The molecule has 1 fully saturated rings. The van der Waals surface area contributed by atoms with E-state index in [2.05, 4.69) is 33.0 Å². The van der Waals surface area contributed by atoms with Crippen LogP contribution in [-0.4, -0.2) is 27.1 Å². The van der Waals surface area contributed by atoms with Gasteiger partial charge >= 0.3 is 0 Å². The Balaban J connectivity index is 1.87. The Morgan fingerprint density at radius 2 is 1.71 bits per heavy atom. The highest BCUT2D eigenvalue weighted by Gasteiger charge is 2.47. The molecule has 7 heteroatoms. The predicted molar refractivity (Wildman–Crippen MR) is 122 cm³/mol. The summed E-state index contributed by atoms with van der Waals surface area (Å²) < 4.78 is 1.28. The summed E-state index contributed by atoms with van der Waals surface area (Å²) >= 11 is 0. The van der Waals surface area contributed by atoms with Crippen LogP contribution in [0.3, 0.4) is 0 Å². The highest BCUT2D eigenvalue weighted by Crippen LogP contribution is 2.51. The average Bonchev–Trinajstić information content (AvgIpc) is 2.58. The maximum absolute atomic E-state index is 12.9. The summed E-state index contributed by atoms with van der Waals surface area (Å²) in [6.45, 7) is 10.1. The monoisotopic (exact) mass is 427 g/mol. The number of nitrogens with zero attached hydrogens (tertiary/aromatic N) is 1. The van der Waals surface area contributed by atoms with Crippen LogP contribution in [0.4, 0.5) is 5.69 Å². The summed E-state index contributed by atoms with van der Waals surface area (Å²) in [5, 5.41) is 15.1. The van der Waals surface area contributed by atoms with Gasteiger partial charge in [-0.25, -0.2) is 0 Å². The highest BCUT2D eigenvalue weighted by atomic mass is 16.3. The zero-order valence-electron chi connectivity index (χ0n) is 19.0. The lowest BCUT2D eigenvalue weighted by molar-refractivity contribution is -0.130. The van der Waals surface area contributed by atoms with Crippen LogP contribution >= 0.6 is 0 Å². The first kappa shape index (κ1) is 23.0. The molecule has 1 unspecified atom stereocenters. The maximum Gasteiger partial charge on any atom is 0.259 e. The van der Waals surface area contributed by atoms with Crippen LogP contribution in [0.25, 0.3) is 10.8 Å². The first-order valence-electron chi connectivity index (χ1n) is 10.7. The number of primary amides is 1. The van der Waals surface area contributed by atoms with Gasteiger partial charge in [0.05, 0.1) is 12.0 Å². The highest BCUT2D eigenvalue weighted by molar-refractivity contribution is 6.02. The molecule has 2 aromatic rings. The van der Waals surface area contributed by atoms with Crippen molar-refractivity contribution in [1.29, 1.82) is 0 Å². The molecular formula is C24H33N3O4. The number of fused-ring (bicyclic) bond motifs is 1. The zero-order chi connectivity index (χ0) is 23.2. The molecule has 3 rings (SSSR count). The minimum absolute atomic E-state index is 0.00791. The van der Waals surface area contributed by atoms with E-state index in [4.69, 9.17) is 5.73 Å². The molecule has 0 radical (unpaired) electrons. The van der Waals surface area contributed by atoms with Crippen LogP contribution in [-0.2, 0) is 9.59 Å². The lowest BCUT2D eigenvalue weighted by Gasteiger charge is -2.49. The first-order chi connectivity index (χ1) is 14.2. The van der Waals surface area contributed by atoms with Gasteiger partial charge in [-0.3, -0.25) is 14.4 Å². The van der Waals surface area contributed by atoms with Crippen LogP contribution < -0.4 is 16.6 Å². The molecule has 7 nitrogen and oxygen atoms in total. The zero-order valence-corrected chi connectivity index (χ0v) is 19.0. The van der Waals surface area contributed by atoms with Crippen LogP contribution in [0.2, 0.25) is 0 Å². The summed E-state index contributed by atoms with van der Waals surface area (Å²) in [6, 6.07) is 5.97. The Hall–Kier alpha value is -2.67. The number of pyridine rings is 1. The summed E-state index contributed by atoms with van der Waals surface area (Å²) in [6.07, 6.45) is 3.61. The fourth-order valence-electron chi connectivity index (χ4n) is 5.73. The molecule has 1 atom stereocenters. The predicted octanol–water partition coefficient (Wildman–Crippen LogP) is 3.34. The Labute approximate surface area is 182 Å². The van der Waals surface area contributed by atoms with E-state index in [1.807, 2.05) is 0 Å². The Morgan fingerprint density at radius 1 is 1.10 bits per heavy atom. The molecule has 31 heavy (non-hydrogen) atoms. The van der Waals surface area contributed by atoms with E-state index in [-0.39, 0.29) is 28.7 Å². The van der Waals surface area contributed by atoms with E-state index in [0.717, 1.165) is 6.42 Å². The van der Waals surface area contributed by atoms with E-state index in [9.17, 15) is 19.5 Å². The summed E-state index contributed by atoms with van der Waals surface area (Å²) in [5.41, 5.74) is 4.29. The van der Waals surface area contributed by atoms with Crippen molar-refractivity contribution >= 4 is 28.3 Å². The number of rotatable bonds is 5. The maximum atomic E-state index is 12.9. The number of nitrogens with one attached hydrogen (secondary N) is 1. The van der Waals surface area contributed by atoms with Gasteiger partial charge in [0, 0.05) is 22.7 Å². The van der Waals surface area contributed by atoms with Gasteiger partial charge in [-0.2, -0.15) is 0 Å². The van der Waals surface area contributed by atoms with Crippen molar-refractivity contribution < 1.29 is 14.7 Å². The second-order valence-corrected chi connectivity index (χ2v) is 10.7. The largest absolute Gasteiger partial charge is 0.389 e. The second-order valence-electron chi connectivity index (χ2n) is 10.7. The van der Waals surface area contributed by atoms with Crippen molar-refractivity contribution in [1.82, 2.24) is 4.57 Å². The van der Waals surface area contributed by atoms with Crippen LogP contribution in [0.1, 0.15) is 66.3 Å². The van der Waals surface area contributed by atoms with Crippen LogP contribution in [0.5, 0.6) is 0 Å². The smallest absolute Gasteiger partial charge is 0.259 e. The van der Waals surface area contributed by atoms with Gasteiger partial charge in [0.15, 0.2) is 0 Å². The molecule has 168 valence electrons. The lowest BCUT2D eigenvalue weighted by Crippen LogP contribution is -2.47. The van der Waals surface area contributed by atoms with Crippen molar-refractivity contribution in [2.24, 2.45) is 16.6 Å². The molecule has 0 saturated heterocycles. The number of aromatic nitrogens is 1. The molecule has 1 saturated carbocycles. The average molecular weight is 428 g/mol. The SMILES string of the molecule is CC(C(N)=O)n1ccc2c(NC(=O)CC3(O)CC(C)(C)CC(C)(C)C3)cccc2c1=O. The minimum atomic E-state index is -1.08. The normalized spacial score (nSPS) is 20.2. The molecule has 0 bridgehead atoms. The Bertz CT molecular complexity index is 1070. The van der Waals surface area contributed by atoms with Gasteiger partial charge in [-0.15, -0.1) is 0 Å². The third-order valence-corrected chi connectivity index (χ3v) is 6.14. The standard InChI is InChI=1S/C24H33N3O4/c1-15(20(25)29)27-10-9-16-17(21(27)30)7-6-8-18(16)26-19(28)11-24(31)13-22(2,3)12-23(4,5)14-24/h6-10,15,31H,11-14H2,1-5H3,(H2,25,29)(H,26,28). The third-order valence-electron chi connectivity index (χ3n) is 6.14. The van der Waals surface area contributed by atoms with Crippen LogP contribution in [0, 0.1) is 10.8 Å². The van der Waals surface area contributed by atoms with Crippen molar-refractivity contribution in [3.05, 3.63) is 40.8 Å². The lowest BCUT2D eigenvalue weighted by atomic mass is 9.59. The Morgan fingerprint density at radius 3 is 2.29 bits per heavy atom. The van der Waals surface area contributed by atoms with E-state index < -0.39 is 17.6 Å². The molecular weight excluding hydrogens is 394 g/mol. The molecule has 0 spiro atoms. The molecule has 1 heterocycles.